The molecule has 3 aromatic rings. The third kappa shape index (κ3) is 8.72. The van der Waals surface area contributed by atoms with Crippen LogP contribution in [0.2, 0.25) is 0 Å². The highest BCUT2D eigenvalue weighted by molar-refractivity contribution is 7.92. The minimum Gasteiger partial charge on any atom is -0.611 e. The third-order valence-corrected chi connectivity index (χ3v) is 9.55. The maximum absolute atomic E-state index is 12.8. The van der Waals surface area contributed by atoms with E-state index in [1.165, 1.54) is 18.4 Å². The summed E-state index contributed by atoms with van der Waals surface area (Å²) < 4.78 is 36.0. The Morgan fingerprint density at radius 3 is 2.64 bits per heavy atom. The molecule has 0 spiro atoms. The SMILES string of the molecule is CC1(C)OCc2cc([C@@H](O)CNCCc3ccc(OCCOCc4cccc([S+]([O-])C5CCCC5)c4)cc3)ccc2O1. The van der Waals surface area contributed by atoms with Crippen molar-refractivity contribution in [2.45, 2.75) is 81.2 Å². The van der Waals surface area contributed by atoms with Crippen LogP contribution in [0.1, 0.15) is 67.9 Å². The zero-order valence-electron chi connectivity index (χ0n) is 24.7. The lowest BCUT2D eigenvalue weighted by Crippen LogP contribution is -2.35. The Kier molecular flexibility index (Phi) is 10.8. The predicted octanol–water partition coefficient (Wildman–Crippen LogP) is 5.84. The fourth-order valence-electron chi connectivity index (χ4n) is 5.37. The molecule has 42 heavy (non-hydrogen) atoms. The Bertz CT molecular complexity index is 1280. The van der Waals surface area contributed by atoms with E-state index in [4.69, 9.17) is 18.9 Å². The van der Waals surface area contributed by atoms with Gasteiger partial charge in [0, 0.05) is 26.0 Å². The molecular weight excluding hydrogens is 550 g/mol. The lowest BCUT2D eigenvalue weighted by atomic mass is 10.0. The van der Waals surface area contributed by atoms with Crippen molar-refractivity contribution >= 4 is 11.2 Å². The number of hydrogen-bond acceptors (Lipinski definition) is 7. The number of ether oxygens (including phenoxy) is 4. The summed E-state index contributed by atoms with van der Waals surface area (Å²) in [6.45, 7) is 6.91. The first-order valence-electron chi connectivity index (χ1n) is 15.0. The average molecular weight is 594 g/mol. The molecule has 5 rings (SSSR count). The summed E-state index contributed by atoms with van der Waals surface area (Å²) in [4.78, 5) is 0.912. The maximum atomic E-state index is 12.8. The monoisotopic (exact) mass is 593 g/mol. The van der Waals surface area contributed by atoms with Gasteiger partial charge in [-0.25, -0.2) is 0 Å². The molecule has 226 valence electrons. The van der Waals surface area contributed by atoms with Gasteiger partial charge in [0.05, 0.1) is 25.9 Å². The molecule has 1 heterocycles. The lowest BCUT2D eigenvalue weighted by Gasteiger charge is -2.33. The van der Waals surface area contributed by atoms with Crippen LogP contribution in [-0.4, -0.2) is 47.0 Å². The summed E-state index contributed by atoms with van der Waals surface area (Å²) in [5.41, 5.74) is 4.04. The van der Waals surface area contributed by atoms with Crippen LogP contribution in [0, 0.1) is 0 Å². The van der Waals surface area contributed by atoms with Gasteiger partial charge in [0.1, 0.15) is 23.4 Å². The van der Waals surface area contributed by atoms with Crippen LogP contribution < -0.4 is 14.8 Å². The van der Waals surface area contributed by atoms with Crippen molar-refractivity contribution in [1.82, 2.24) is 5.32 Å². The van der Waals surface area contributed by atoms with Crippen molar-refractivity contribution in [3.8, 4) is 11.5 Å². The van der Waals surface area contributed by atoms with E-state index < -0.39 is 23.1 Å². The highest BCUT2D eigenvalue weighted by Crippen LogP contribution is 2.33. The molecule has 8 heteroatoms. The fraction of sp³-hybridized carbons (Fsp3) is 0.471. The molecule has 0 radical (unpaired) electrons. The van der Waals surface area contributed by atoms with Crippen molar-refractivity contribution in [3.63, 3.8) is 0 Å². The normalized spacial score (nSPS) is 17.8. The zero-order valence-corrected chi connectivity index (χ0v) is 25.5. The summed E-state index contributed by atoms with van der Waals surface area (Å²) in [5, 5.41) is 14.3. The molecule has 2 aliphatic rings. The zero-order chi connectivity index (χ0) is 29.4. The topological polar surface area (TPSA) is 92.2 Å². The van der Waals surface area contributed by atoms with Crippen molar-refractivity contribution < 1.29 is 28.6 Å². The first-order valence-corrected chi connectivity index (χ1v) is 16.2. The number of nitrogens with one attached hydrogen (secondary N) is 1. The maximum Gasteiger partial charge on any atom is 0.205 e. The number of rotatable bonds is 14. The molecule has 2 atom stereocenters. The van der Waals surface area contributed by atoms with Gasteiger partial charge in [-0.1, -0.05) is 30.3 Å². The summed E-state index contributed by atoms with van der Waals surface area (Å²) in [6, 6.07) is 21.8. The summed E-state index contributed by atoms with van der Waals surface area (Å²) >= 11 is -0.924. The second-order valence-electron chi connectivity index (χ2n) is 11.5. The minimum atomic E-state index is -0.924. The summed E-state index contributed by atoms with van der Waals surface area (Å²) in [5.74, 6) is 0.994. The van der Waals surface area contributed by atoms with Gasteiger partial charge in [-0.15, -0.1) is 0 Å². The van der Waals surface area contributed by atoms with E-state index >= 15 is 0 Å². The average Bonchev–Trinajstić information content (AvgIpc) is 3.54. The van der Waals surface area contributed by atoms with E-state index in [9.17, 15) is 9.66 Å². The van der Waals surface area contributed by atoms with Gasteiger partial charge in [0.2, 0.25) is 5.79 Å². The van der Waals surface area contributed by atoms with E-state index in [0.29, 0.717) is 38.2 Å². The van der Waals surface area contributed by atoms with Crippen LogP contribution in [0.15, 0.2) is 71.6 Å². The molecule has 1 unspecified atom stereocenters. The number of hydrogen-bond donors (Lipinski definition) is 2. The largest absolute Gasteiger partial charge is 0.611 e. The number of aliphatic hydroxyl groups excluding tert-OH is 1. The van der Waals surface area contributed by atoms with Crippen LogP contribution in [0.3, 0.4) is 0 Å². The molecule has 3 aromatic carbocycles. The number of benzene rings is 3. The Balaban J connectivity index is 0.961. The van der Waals surface area contributed by atoms with Crippen LogP contribution >= 0.6 is 0 Å². The first kappa shape index (κ1) is 30.9. The van der Waals surface area contributed by atoms with Gasteiger partial charge in [-0.3, -0.25) is 0 Å². The van der Waals surface area contributed by atoms with Crippen LogP contribution in [0.5, 0.6) is 11.5 Å². The third-order valence-electron chi connectivity index (χ3n) is 7.75. The molecule has 1 fully saturated rings. The van der Waals surface area contributed by atoms with Gasteiger partial charge in [-0.2, -0.15) is 0 Å². The molecule has 0 saturated heterocycles. The lowest BCUT2D eigenvalue weighted by molar-refractivity contribution is -0.180. The smallest absolute Gasteiger partial charge is 0.205 e. The molecule has 1 aliphatic heterocycles. The Labute approximate surface area is 252 Å². The standard InChI is InChI=1S/C34H43NO6S/c1-34(2)40-24-28-21-27(12-15-33(28)41-34)32(36)22-35-17-16-25-10-13-29(14-11-25)39-19-18-38-23-26-6-5-9-31(20-26)42(37)30-7-3-4-8-30/h5-6,9-15,20-21,30,32,35-36H,3-4,7-8,16-19,22-24H2,1-2H3/t32-,42?/m0/s1. The summed E-state index contributed by atoms with van der Waals surface area (Å²) in [7, 11) is 0. The molecule has 0 amide bonds. The molecule has 7 nitrogen and oxygen atoms in total. The molecule has 0 aromatic heterocycles. The molecular formula is C34H43NO6S. The molecule has 0 bridgehead atoms. The van der Waals surface area contributed by atoms with Crippen LogP contribution in [0.4, 0.5) is 0 Å². The summed E-state index contributed by atoms with van der Waals surface area (Å²) in [6.07, 6.45) is 4.75. The van der Waals surface area contributed by atoms with Gasteiger partial charge in [0.25, 0.3) is 0 Å². The van der Waals surface area contributed by atoms with Gasteiger partial charge in [-0.05, 0) is 103 Å². The van der Waals surface area contributed by atoms with Gasteiger partial charge < -0.3 is 33.9 Å². The second-order valence-corrected chi connectivity index (χ2v) is 13.3. The first-order chi connectivity index (χ1) is 20.4. The van der Waals surface area contributed by atoms with E-state index in [-0.39, 0.29) is 0 Å². The van der Waals surface area contributed by atoms with Crippen LogP contribution in [-0.2, 0) is 40.3 Å². The quantitative estimate of drug-likeness (QED) is 0.179. The van der Waals surface area contributed by atoms with E-state index in [2.05, 4.69) is 17.4 Å². The van der Waals surface area contributed by atoms with E-state index in [0.717, 1.165) is 58.9 Å². The highest BCUT2D eigenvalue weighted by atomic mass is 32.2. The van der Waals surface area contributed by atoms with Gasteiger partial charge in [0.15, 0.2) is 4.90 Å². The Morgan fingerprint density at radius 1 is 1.02 bits per heavy atom. The number of aliphatic hydroxyl groups is 1. The van der Waals surface area contributed by atoms with Crippen LogP contribution in [0.25, 0.3) is 0 Å². The minimum absolute atomic E-state index is 0.302. The van der Waals surface area contributed by atoms with E-state index in [1.807, 2.05) is 68.4 Å². The second kappa shape index (κ2) is 14.7. The Hall–Kier alpha value is -2.59. The highest BCUT2D eigenvalue weighted by Gasteiger charge is 2.29. The van der Waals surface area contributed by atoms with E-state index in [1.54, 1.807) is 0 Å². The van der Waals surface area contributed by atoms with Crippen molar-refractivity contribution in [2.75, 3.05) is 26.3 Å². The van der Waals surface area contributed by atoms with Crippen molar-refractivity contribution in [1.29, 1.82) is 0 Å². The predicted molar refractivity (Wildman–Crippen MR) is 164 cm³/mol. The van der Waals surface area contributed by atoms with Crippen molar-refractivity contribution in [3.05, 3.63) is 89.0 Å². The van der Waals surface area contributed by atoms with Gasteiger partial charge >= 0.3 is 0 Å². The number of fused-ring (bicyclic) bond motifs is 1. The Morgan fingerprint density at radius 2 is 1.83 bits per heavy atom. The van der Waals surface area contributed by atoms with Crippen molar-refractivity contribution in [2.24, 2.45) is 0 Å². The molecule has 1 aliphatic carbocycles. The molecule has 1 saturated carbocycles. The molecule has 2 N–H and O–H groups in total. The fourth-order valence-corrected chi connectivity index (χ4v) is 7.00.